The normalized spacial score (nSPS) is 11.4. The third kappa shape index (κ3) is 3.90. The minimum Gasteiger partial charge on any atom is -0.355 e. The number of carbonyl (C=O) groups excluding carboxylic acids is 1. The number of fused-ring (bicyclic) bond motifs is 2. The lowest BCUT2D eigenvalue weighted by Crippen LogP contribution is -2.19. The molecule has 0 saturated carbocycles. The zero-order chi connectivity index (χ0) is 27.4. The van der Waals surface area contributed by atoms with E-state index in [4.69, 9.17) is 4.98 Å². The predicted octanol–water partition coefficient (Wildman–Crippen LogP) is 4.75. The highest BCUT2D eigenvalue weighted by Crippen LogP contribution is 2.33. The van der Waals surface area contributed by atoms with Crippen molar-refractivity contribution in [1.82, 2.24) is 29.0 Å². The minimum atomic E-state index is -0.592. The summed E-state index contributed by atoms with van der Waals surface area (Å²) < 4.78 is 20.0. The van der Waals surface area contributed by atoms with Crippen LogP contribution in [0.25, 0.3) is 50.3 Å². The molecule has 0 unspecified atom stereocenters. The number of nitrogens with zero attached hydrogens (tertiary/aromatic N) is 5. The van der Waals surface area contributed by atoms with Crippen LogP contribution < -0.4 is 11.0 Å². The van der Waals surface area contributed by atoms with Crippen molar-refractivity contribution in [2.75, 3.05) is 7.05 Å². The molecule has 0 radical (unpaired) electrons. The van der Waals surface area contributed by atoms with Crippen LogP contribution >= 0.6 is 0 Å². The third-order valence-corrected chi connectivity index (χ3v) is 7.08. The molecule has 0 spiro atoms. The molecule has 3 aromatic heterocycles. The Morgan fingerprint density at radius 1 is 0.846 bits per heavy atom. The maximum absolute atomic E-state index is 14.7. The van der Waals surface area contributed by atoms with E-state index in [0.29, 0.717) is 16.9 Å². The van der Waals surface area contributed by atoms with Crippen LogP contribution in [0, 0.1) is 12.7 Å². The lowest BCUT2D eigenvalue weighted by Gasteiger charge is -2.11. The summed E-state index contributed by atoms with van der Waals surface area (Å²) in [6.45, 7) is 1.98. The van der Waals surface area contributed by atoms with E-state index in [0.717, 1.165) is 38.9 Å². The van der Waals surface area contributed by atoms with E-state index in [-0.39, 0.29) is 11.3 Å². The van der Waals surface area contributed by atoms with Gasteiger partial charge in [-0.3, -0.25) is 23.5 Å². The molecule has 6 rings (SSSR count). The Morgan fingerprint density at radius 2 is 1.56 bits per heavy atom. The molecule has 0 saturated heterocycles. The Kier molecular flexibility index (Phi) is 5.64. The zero-order valence-electron chi connectivity index (χ0n) is 21.9. The van der Waals surface area contributed by atoms with Gasteiger partial charge in [0.2, 0.25) is 0 Å². The van der Waals surface area contributed by atoms with E-state index in [9.17, 15) is 14.0 Å². The van der Waals surface area contributed by atoms with Crippen LogP contribution in [0.4, 0.5) is 4.39 Å². The average Bonchev–Trinajstić information content (AvgIpc) is 3.43. The van der Waals surface area contributed by atoms with Crippen molar-refractivity contribution in [2.45, 2.75) is 6.92 Å². The lowest BCUT2D eigenvalue weighted by molar-refractivity contribution is 0.0959. The fourth-order valence-electron chi connectivity index (χ4n) is 5.04. The highest BCUT2D eigenvalue weighted by atomic mass is 19.1. The molecule has 194 valence electrons. The SMILES string of the molecule is CNC(=O)c1ccc(-c2ccc3c(c2)nc(-c2cncc(C)c2)n3-c2ccc3c(c2)n(C)c(=O)n3C)cc1F. The minimum absolute atomic E-state index is 0.00783. The molecule has 0 aliphatic heterocycles. The molecule has 0 fully saturated rings. The summed E-state index contributed by atoms with van der Waals surface area (Å²) in [5, 5.41) is 2.45. The smallest absolute Gasteiger partial charge is 0.328 e. The van der Waals surface area contributed by atoms with Crippen molar-refractivity contribution in [3.63, 3.8) is 0 Å². The number of nitrogens with one attached hydrogen (secondary N) is 1. The summed E-state index contributed by atoms with van der Waals surface area (Å²) in [6.07, 6.45) is 3.56. The molecule has 1 amide bonds. The summed E-state index contributed by atoms with van der Waals surface area (Å²) in [7, 11) is 4.98. The van der Waals surface area contributed by atoms with E-state index in [2.05, 4.69) is 10.3 Å². The van der Waals surface area contributed by atoms with Crippen molar-refractivity contribution in [2.24, 2.45) is 14.1 Å². The van der Waals surface area contributed by atoms with Gasteiger partial charge < -0.3 is 5.32 Å². The second-order valence-corrected chi connectivity index (χ2v) is 9.57. The van der Waals surface area contributed by atoms with Gasteiger partial charge in [0.15, 0.2) is 0 Å². The molecule has 39 heavy (non-hydrogen) atoms. The summed E-state index contributed by atoms with van der Waals surface area (Å²) in [5.41, 5.74) is 7.18. The molecular formula is C30H25FN6O2. The number of amides is 1. The first-order valence-corrected chi connectivity index (χ1v) is 12.4. The number of hydrogen-bond donors (Lipinski definition) is 1. The highest BCUT2D eigenvalue weighted by Gasteiger charge is 2.18. The van der Waals surface area contributed by atoms with Crippen LogP contribution in [0.2, 0.25) is 0 Å². The van der Waals surface area contributed by atoms with E-state index in [1.165, 1.54) is 19.2 Å². The van der Waals surface area contributed by atoms with Gasteiger partial charge in [0, 0.05) is 44.8 Å². The first-order valence-electron chi connectivity index (χ1n) is 12.4. The van der Waals surface area contributed by atoms with Gasteiger partial charge in [0.1, 0.15) is 11.6 Å². The van der Waals surface area contributed by atoms with Gasteiger partial charge in [-0.25, -0.2) is 14.2 Å². The molecule has 8 nitrogen and oxygen atoms in total. The fraction of sp³-hybridized carbons (Fsp3) is 0.133. The van der Waals surface area contributed by atoms with Crippen LogP contribution in [0.3, 0.4) is 0 Å². The summed E-state index contributed by atoms with van der Waals surface area (Å²) in [6, 6.07) is 18.2. The number of imidazole rings is 2. The van der Waals surface area contributed by atoms with Crippen LogP contribution in [-0.2, 0) is 14.1 Å². The van der Waals surface area contributed by atoms with Crippen LogP contribution in [-0.4, -0.2) is 36.6 Å². The molecule has 0 atom stereocenters. The third-order valence-electron chi connectivity index (χ3n) is 7.08. The first-order chi connectivity index (χ1) is 18.8. The molecule has 3 heterocycles. The van der Waals surface area contributed by atoms with Crippen molar-refractivity contribution >= 4 is 28.0 Å². The number of rotatable bonds is 4. The second kappa shape index (κ2) is 9.05. The van der Waals surface area contributed by atoms with Crippen molar-refractivity contribution in [3.8, 4) is 28.2 Å². The van der Waals surface area contributed by atoms with Crippen LogP contribution in [0.5, 0.6) is 0 Å². The van der Waals surface area contributed by atoms with Gasteiger partial charge in [-0.1, -0.05) is 12.1 Å². The van der Waals surface area contributed by atoms with Crippen molar-refractivity contribution in [3.05, 3.63) is 100 Å². The molecule has 1 N–H and O–H groups in total. The maximum Gasteiger partial charge on any atom is 0.328 e. The average molecular weight is 521 g/mol. The maximum atomic E-state index is 14.7. The van der Waals surface area contributed by atoms with Crippen molar-refractivity contribution < 1.29 is 9.18 Å². The molecule has 0 aliphatic rings. The van der Waals surface area contributed by atoms with E-state index < -0.39 is 11.7 Å². The molecular weight excluding hydrogens is 495 g/mol. The van der Waals surface area contributed by atoms with Gasteiger partial charge in [-0.2, -0.15) is 0 Å². The Morgan fingerprint density at radius 3 is 2.31 bits per heavy atom. The monoisotopic (exact) mass is 520 g/mol. The quantitative estimate of drug-likeness (QED) is 0.363. The Balaban J connectivity index is 1.57. The van der Waals surface area contributed by atoms with Crippen molar-refractivity contribution in [1.29, 1.82) is 0 Å². The Bertz CT molecular complexity index is 2000. The van der Waals surface area contributed by atoms with E-state index in [1.54, 1.807) is 41.7 Å². The highest BCUT2D eigenvalue weighted by molar-refractivity contribution is 5.95. The topological polar surface area (TPSA) is 86.7 Å². The van der Waals surface area contributed by atoms with Gasteiger partial charge in [-0.05, 0) is 72.1 Å². The van der Waals surface area contributed by atoms with Crippen LogP contribution in [0.1, 0.15) is 15.9 Å². The number of aromatic nitrogens is 5. The van der Waals surface area contributed by atoms with E-state index >= 15 is 0 Å². The number of halogens is 1. The predicted molar refractivity (Wildman–Crippen MR) is 150 cm³/mol. The second-order valence-electron chi connectivity index (χ2n) is 9.57. The lowest BCUT2D eigenvalue weighted by atomic mass is 10.0. The zero-order valence-corrected chi connectivity index (χ0v) is 21.9. The molecule has 9 heteroatoms. The van der Waals surface area contributed by atoms with Crippen LogP contribution in [0.15, 0.2) is 77.9 Å². The number of pyridine rings is 1. The first kappa shape index (κ1) is 24.3. The van der Waals surface area contributed by atoms with Gasteiger partial charge in [0.25, 0.3) is 5.91 Å². The van der Waals surface area contributed by atoms with Gasteiger partial charge >= 0.3 is 5.69 Å². The fourth-order valence-corrected chi connectivity index (χ4v) is 5.04. The Hall–Kier alpha value is -5.05. The number of hydrogen-bond acceptors (Lipinski definition) is 4. The number of carbonyl (C=O) groups is 1. The van der Waals surface area contributed by atoms with E-state index in [1.807, 2.05) is 54.0 Å². The largest absolute Gasteiger partial charge is 0.355 e. The molecule has 0 bridgehead atoms. The number of benzene rings is 3. The summed E-state index contributed by atoms with van der Waals surface area (Å²) in [4.78, 5) is 33.8. The molecule has 3 aromatic carbocycles. The molecule has 0 aliphatic carbocycles. The summed E-state index contributed by atoms with van der Waals surface area (Å²) >= 11 is 0. The van der Waals surface area contributed by atoms with Gasteiger partial charge in [0.05, 0.1) is 27.6 Å². The van der Waals surface area contributed by atoms with Gasteiger partial charge in [-0.15, -0.1) is 0 Å². The summed E-state index contributed by atoms with van der Waals surface area (Å²) in [5.74, 6) is -0.372. The molecule has 6 aromatic rings. The number of aryl methyl sites for hydroxylation is 3. The standard InChI is InChI=1S/C30H25FN6O2/c1-17-11-20(16-33-15-17)28-34-24-13-19(18-5-8-22(23(31)12-18)29(38)32-2)6-9-25(24)37(28)21-7-10-26-27(14-21)36(4)30(39)35(26)3/h5-16H,1-4H3,(H,32,38). The Labute approximate surface area is 223 Å².